The zero-order chi connectivity index (χ0) is 16.4. The lowest BCUT2D eigenvalue weighted by Crippen LogP contribution is -2.29. The minimum absolute atomic E-state index is 0.0216. The van der Waals surface area contributed by atoms with Crippen LogP contribution in [0, 0.1) is 6.92 Å². The molecule has 7 heteroatoms. The number of rotatable bonds is 4. The minimum Gasteiger partial charge on any atom is -0.441 e. The Hall–Kier alpha value is -2.93. The number of aliphatic hydroxyl groups is 1. The number of aliphatic hydroxyl groups excluding tert-OH is 1. The van der Waals surface area contributed by atoms with Crippen molar-refractivity contribution in [1.29, 1.82) is 0 Å². The molecule has 0 saturated carbocycles. The average molecular weight is 313 g/mol. The van der Waals surface area contributed by atoms with Gasteiger partial charge in [-0.3, -0.25) is 9.59 Å². The first-order valence-corrected chi connectivity index (χ1v) is 7.05. The molecule has 118 valence electrons. The number of hydrogen-bond donors (Lipinski definition) is 3. The van der Waals surface area contributed by atoms with E-state index in [1.165, 1.54) is 6.07 Å². The van der Waals surface area contributed by atoms with E-state index in [0.717, 1.165) is 0 Å². The van der Waals surface area contributed by atoms with Gasteiger partial charge in [-0.05, 0) is 24.3 Å². The van der Waals surface area contributed by atoms with Gasteiger partial charge < -0.3 is 19.8 Å². The molecule has 2 aromatic heterocycles. The van der Waals surface area contributed by atoms with Gasteiger partial charge in [-0.2, -0.15) is 0 Å². The number of nitrogens with zero attached hydrogens (tertiary/aromatic N) is 1. The molecule has 3 N–H and O–H groups in total. The summed E-state index contributed by atoms with van der Waals surface area (Å²) in [5.41, 5.74) is 1.66. The molecule has 0 aliphatic rings. The summed E-state index contributed by atoms with van der Waals surface area (Å²) in [6, 6.07) is 9.41. The van der Waals surface area contributed by atoms with E-state index in [0.29, 0.717) is 28.2 Å². The number of amides is 1. The van der Waals surface area contributed by atoms with Crippen molar-refractivity contribution in [2.75, 3.05) is 6.54 Å². The summed E-state index contributed by atoms with van der Waals surface area (Å²) in [7, 11) is 0. The average Bonchev–Trinajstić information content (AvgIpc) is 2.91. The van der Waals surface area contributed by atoms with Gasteiger partial charge in [-0.25, -0.2) is 4.98 Å². The van der Waals surface area contributed by atoms with E-state index in [-0.39, 0.29) is 18.0 Å². The summed E-state index contributed by atoms with van der Waals surface area (Å²) < 4.78 is 5.39. The van der Waals surface area contributed by atoms with Gasteiger partial charge in [0.25, 0.3) is 5.91 Å². The molecule has 0 fully saturated rings. The second kappa shape index (κ2) is 6.05. The molecule has 1 aromatic carbocycles. The molecular formula is C16H15N3O4. The smallest absolute Gasteiger partial charge is 0.251 e. The van der Waals surface area contributed by atoms with Crippen LogP contribution in [-0.4, -0.2) is 27.5 Å². The Balaban J connectivity index is 1.69. The van der Waals surface area contributed by atoms with E-state index in [9.17, 15) is 14.7 Å². The molecule has 23 heavy (non-hydrogen) atoms. The fourth-order valence-corrected chi connectivity index (χ4v) is 2.24. The number of oxazole rings is 1. The highest BCUT2D eigenvalue weighted by molar-refractivity contribution is 5.97. The number of nitrogens with one attached hydrogen (secondary N) is 2. The summed E-state index contributed by atoms with van der Waals surface area (Å²) in [6.45, 7) is 1.71. The zero-order valence-corrected chi connectivity index (χ0v) is 12.4. The number of hydrogen-bond acceptors (Lipinski definition) is 5. The lowest BCUT2D eigenvalue weighted by atomic mass is 10.2. The Labute approximate surface area is 131 Å². The predicted molar refractivity (Wildman–Crippen MR) is 83.1 cm³/mol. The molecule has 0 bridgehead atoms. The van der Waals surface area contributed by atoms with Gasteiger partial charge in [-0.1, -0.05) is 6.07 Å². The minimum atomic E-state index is -0.996. The maximum Gasteiger partial charge on any atom is 0.251 e. The third-order valence-corrected chi connectivity index (χ3v) is 3.36. The third kappa shape index (κ3) is 3.29. The van der Waals surface area contributed by atoms with Gasteiger partial charge in [-0.15, -0.1) is 0 Å². The zero-order valence-electron chi connectivity index (χ0n) is 12.4. The SMILES string of the molecule is Cc1nc2ccc(C(=O)NCC(O)c3cccc(=O)[nH]3)cc2o1. The van der Waals surface area contributed by atoms with Crippen LogP contribution in [0.15, 0.2) is 45.6 Å². The molecule has 0 saturated heterocycles. The van der Waals surface area contributed by atoms with Gasteiger partial charge in [0, 0.05) is 30.8 Å². The number of carbonyl (C=O) groups is 1. The predicted octanol–water partition coefficient (Wildman–Crippen LogP) is 1.29. The Morgan fingerprint density at radius 1 is 1.39 bits per heavy atom. The summed E-state index contributed by atoms with van der Waals surface area (Å²) >= 11 is 0. The number of carbonyl (C=O) groups excluding carboxylic acids is 1. The van der Waals surface area contributed by atoms with Gasteiger partial charge in [0.2, 0.25) is 5.56 Å². The first-order chi connectivity index (χ1) is 11.0. The number of H-pyrrole nitrogens is 1. The van der Waals surface area contributed by atoms with Crippen LogP contribution >= 0.6 is 0 Å². The van der Waals surface area contributed by atoms with Gasteiger partial charge in [0.1, 0.15) is 11.6 Å². The molecule has 0 aliphatic carbocycles. The molecule has 2 heterocycles. The second-order valence-corrected chi connectivity index (χ2v) is 5.11. The maximum atomic E-state index is 12.1. The molecule has 0 aliphatic heterocycles. The second-order valence-electron chi connectivity index (χ2n) is 5.11. The van der Waals surface area contributed by atoms with E-state index in [2.05, 4.69) is 15.3 Å². The monoisotopic (exact) mass is 313 g/mol. The van der Waals surface area contributed by atoms with Crippen LogP contribution < -0.4 is 10.9 Å². The van der Waals surface area contributed by atoms with Gasteiger partial charge >= 0.3 is 0 Å². The lowest BCUT2D eigenvalue weighted by Gasteiger charge is -2.11. The van der Waals surface area contributed by atoms with Crippen LogP contribution in [-0.2, 0) is 0 Å². The molecule has 3 rings (SSSR count). The highest BCUT2D eigenvalue weighted by Crippen LogP contribution is 2.17. The number of aromatic nitrogens is 2. The number of pyridine rings is 1. The van der Waals surface area contributed by atoms with Gasteiger partial charge in [0.05, 0.1) is 0 Å². The standard InChI is InChI=1S/C16H15N3O4/c1-9-18-12-6-5-10(7-14(12)23-9)16(22)17-8-13(20)11-3-2-4-15(21)19-11/h2-7,13,20H,8H2,1H3,(H,17,22)(H,19,21). The van der Waals surface area contributed by atoms with Crippen LogP contribution in [0.3, 0.4) is 0 Å². The van der Waals surface area contributed by atoms with E-state index in [1.54, 1.807) is 37.3 Å². The summed E-state index contributed by atoms with van der Waals surface area (Å²) in [5.74, 6) is 0.180. The Kier molecular flexibility index (Phi) is 3.94. The highest BCUT2D eigenvalue weighted by Gasteiger charge is 2.13. The molecule has 0 spiro atoms. The van der Waals surface area contributed by atoms with E-state index in [4.69, 9.17) is 4.42 Å². The number of benzene rings is 1. The van der Waals surface area contributed by atoms with Crippen molar-refractivity contribution >= 4 is 17.0 Å². The third-order valence-electron chi connectivity index (χ3n) is 3.36. The van der Waals surface area contributed by atoms with E-state index in [1.807, 2.05) is 0 Å². The molecule has 1 amide bonds. The van der Waals surface area contributed by atoms with E-state index >= 15 is 0 Å². The van der Waals surface area contributed by atoms with Crippen LogP contribution in [0.2, 0.25) is 0 Å². The Morgan fingerprint density at radius 2 is 2.22 bits per heavy atom. The van der Waals surface area contributed by atoms with Crippen molar-refractivity contribution in [3.05, 3.63) is 63.9 Å². The van der Waals surface area contributed by atoms with Crippen molar-refractivity contribution in [3.63, 3.8) is 0 Å². The summed E-state index contributed by atoms with van der Waals surface area (Å²) in [4.78, 5) is 30.0. The Bertz CT molecular complexity index is 913. The van der Waals surface area contributed by atoms with Crippen molar-refractivity contribution < 1.29 is 14.3 Å². The first kappa shape index (κ1) is 15.0. The van der Waals surface area contributed by atoms with Crippen molar-refractivity contribution in [1.82, 2.24) is 15.3 Å². The van der Waals surface area contributed by atoms with Crippen LogP contribution in [0.5, 0.6) is 0 Å². The summed E-state index contributed by atoms with van der Waals surface area (Å²) in [6.07, 6.45) is -0.996. The molecule has 1 atom stereocenters. The van der Waals surface area contributed by atoms with Crippen molar-refractivity contribution in [2.45, 2.75) is 13.0 Å². The Morgan fingerprint density at radius 3 is 3.00 bits per heavy atom. The van der Waals surface area contributed by atoms with Crippen LogP contribution in [0.1, 0.15) is 28.0 Å². The first-order valence-electron chi connectivity index (χ1n) is 7.05. The molecular weight excluding hydrogens is 298 g/mol. The fraction of sp³-hybridized carbons (Fsp3) is 0.188. The van der Waals surface area contributed by atoms with Crippen molar-refractivity contribution in [2.24, 2.45) is 0 Å². The fourth-order valence-electron chi connectivity index (χ4n) is 2.24. The quantitative estimate of drug-likeness (QED) is 0.672. The van der Waals surface area contributed by atoms with Crippen molar-refractivity contribution in [3.8, 4) is 0 Å². The largest absolute Gasteiger partial charge is 0.441 e. The molecule has 0 radical (unpaired) electrons. The number of fused-ring (bicyclic) bond motifs is 1. The van der Waals surface area contributed by atoms with Crippen LogP contribution in [0.25, 0.3) is 11.1 Å². The topological polar surface area (TPSA) is 108 Å². The molecule has 1 unspecified atom stereocenters. The number of aromatic amines is 1. The molecule has 7 nitrogen and oxygen atoms in total. The number of aryl methyl sites for hydroxylation is 1. The normalized spacial score (nSPS) is 12.3. The van der Waals surface area contributed by atoms with Gasteiger partial charge in [0.15, 0.2) is 11.5 Å². The lowest BCUT2D eigenvalue weighted by molar-refractivity contribution is 0.0914. The maximum absolute atomic E-state index is 12.1. The summed E-state index contributed by atoms with van der Waals surface area (Å²) in [5, 5.41) is 12.6. The van der Waals surface area contributed by atoms with E-state index < -0.39 is 6.10 Å². The highest BCUT2D eigenvalue weighted by atomic mass is 16.3. The molecule has 3 aromatic rings. The van der Waals surface area contributed by atoms with Crippen LogP contribution in [0.4, 0.5) is 0 Å².